The van der Waals surface area contributed by atoms with Crippen LogP contribution in [0.4, 0.5) is 36.4 Å². The van der Waals surface area contributed by atoms with E-state index < -0.39 is 23.9 Å². The summed E-state index contributed by atoms with van der Waals surface area (Å²) in [5, 5.41) is 3.98. The molecule has 0 aliphatic heterocycles. The minimum Gasteiger partial charge on any atom is -0.309 e. The molecule has 0 heterocycles. The lowest BCUT2D eigenvalue weighted by Gasteiger charge is -2.31. The Labute approximate surface area is 164 Å². The maximum Gasteiger partial charge on any atom is 0.460 e. The first-order valence-electron chi connectivity index (χ1n) is 8.65. The lowest BCUT2D eigenvalue weighted by molar-refractivity contribution is -0.343. The molecule has 0 spiro atoms. The molecule has 30 heavy (non-hydrogen) atoms. The smallest absolute Gasteiger partial charge is 0.309 e. The average Bonchev–Trinajstić information content (AvgIpc) is 2.69. The summed E-state index contributed by atoms with van der Waals surface area (Å²) in [6.45, 7) is 0. The fourth-order valence-electron chi connectivity index (χ4n) is 3.64. The van der Waals surface area contributed by atoms with Crippen LogP contribution in [0.5, 0.6) is 0 Å². The normalized spacial score (nSPS) is 13.5. The molecule has 4 aromatic rings. The summed E-state index contributed by atoms with van der Waals surface area (Å²) in [5.74, 6) is -15.2. The molecule has 4 aromatic carbocycles. The van der Waals surface area contributed by atoms with Crippen LogP contribution in [0.2, 0.25) is 0 Å². The summed E-state index contributed by atoms with van der Waals surface area (Å²) in [6, 6.07) is 15.0. The van der Waals surface area contributed by atoms with Crippen molar-refractivity contribution in [2.75, 3.05) is 11.9 Å². The zero-order chi connectivity index (χ0) is 22.1. The first kappa shape index (κ1) is 20.2. The van der Waals surface area contributed by atoms with E-state index in [0.717, 1.165) is 23.2 Å². The summed E-state index contributed by atoms with van der Waals surface area (Å²) >= 11 is 0. The fraction of sp³-hybridized carbons (Fsp3) is 0.190. The number of hydrogen-bond acceptors (Lipinski definition) is 1. The van der Waals surface area contributed by atoms with Crippen molar-refractivity contribution in [2.24, 2.45) is 0 Å². The summed E-state index contributed by atoms with van der Waals surface area (Å²) in [6.07, 6.45) is -6.59. The van der Waals surface area contributed by atoms with Gasteiger partial charge in [-0.25, -0.2) is 0 Å². The number of nitrogens with zero attached hydrogens (tertiary/aromatic N) is 1. The second-order valence-electron chi connectivity index (χ2n) is 6.95. The van der Waals surface area contributed by atoms with E-state index in [4.69, 9.17) is 0 Å². The Morgan fingerprint density at radius 2 is 1.23 bits per heavy atom. The van der Waals surface area contributed by atoms with Crippen molar-refractivity contribution in [3.63, 3.8) is 0 Å². The van der Waals surface area contributed by atoms with Gasteiger partial charge in [0.15, 0.2) is 0 Å². The van der Waals surface area contributed by atoms with Crippen LogP contribution < -0.4 is 4.90 Å². The van der Waals surface area contributed by atoms with Gasteiger partial charge in [-0.05, 0) is 33.0 Å². The molecule has 9 heteroatoms. The Hall–Kier alpha value is -3.10. The highest BCUT2D eigenvalue weighted by Gasteiger charge is 2.76. The number of carbonyl (C=O) groups is 1. The largest absolute Gasteiger partial charge is 0.460 e. The number of carbonyl (C=O) groups excluding carboxylic acids is 1. The van der Waals surface area contributed by atoms with Gasteiger partial charge in [0.05, 0.1) is 5.69 Å². The lowest BCUT2D eigenvalue weighted by Crippen LogP contribution is -2.59. The van der Waals surface area contributed by atoms with Gasteiger partial charge in [-0.3, -0.25) is 4.79 Å². The zero-order valence-electron chi connectivity index (χ0n) is 15.2. The van der Waals surface area contributed by atoms with Gasteiger partial charge in [0, 0.05) is 12.4 Å². The zero-order valence-corrected chi connectivity index (χ0v) is 15.2. The van der Waals surface area contributed by atoms with Crippen LogP contribution in [0.1, 0.15) is 0 Å². The molecule has 0 radical (unpaired) electrons. The van der Waals surface area contributed by atoms with Gasteiger partial charge in [0.1, 0.15) is 0 Å². The van der Waals surface area contributed by atoms with Crippen molar-refractivity contribution in [3.05, 3.63) is 54.6 Å². The van der Waals surface area contributed by atoms with Crippen LogP contribution in [-0.4, -0.2) is 31.0 Å². The number of hydrogen-bond donors (Lipinski definition) is 0. The number of rotatable bonds is 3. The average molecular weight is 427 g/mol. The molecule has 0 unspecified atom stereocenters. The molecule has 0 saturated carbocycles. The number of alkyl halides is 7. The van der Waals surface area contributed by atoms with E-state index in [2.05, 4.69) is 0 Å². The summed E-state index contributed by atoms with van der Waals surface area (Å²) in [5.41, 5.74) is -0.205. The quantitative estimate of drug-likeness (QED) is 0.275. The standard InChI is InChI=1S/C21H12F7NO/c1-29(18(30)19(22,23)20(24,25)21(26,27)28)15-10-8-13-6-5-11-3-2-4-12-7-9-14(15)17(13)16(11)12/h2-10H,1H3. The number of anilines is 1. The second kappa shape index (κ2) is 6.20. The molecule has 0 atom stereocenters. The van der Waals surface area contributed by atoms with Gasteiger partial charge in [0.25, 0.3) is 0 Å². The van der Waals surface area contributed by atoms with Crippen molar-refractivity contribution >= 4 is 43.9 Å². The molecule has 0 fully saturated rings. The molecule has 1 amide bonds. The minimum absolute atomic E-state index is 0.144. The Bertz CT molecular complexity index is 1260. The third kappa shape index (κ3) is 2.60. The van der Waals surface area contributed by atoms with Crippen LogP contribution in [0.3, 0.4) is 0 Å². The molecule has 0 bridgehead atoms. The Balaban J connectivity index is 1.90. The van der Waals surface area contributed by atoms with Gasteiger partial charge < -0.3 is 4.90 Å². The number of amides is 1. The molecule has 4 rings (SSSR count). The molecule has 2 nitrogen and oxygen atoms in total. The Morgan fingerprint density at radius 3 is 1.80 bits per heavy atom. The Kier molecular flexibility index (Phi) is 4.17. The molecular formula is C21H12F7NO. The molecule has 0 aromatic heterocycles. The third-order valence-electron chi connectivity index (χ3n) is 5.19. The number of benzene rings is 4. The van der Waals surface area contributed by atoms with Crippen LogP contribution in [0.15, 0.2) is 54.6 Å². The van der Waals surface area contributed by atoms with Crippen LogP contribution >= 0.6 is 0 Å². The highest BCUT2D eigenvalue weighted by Crippen LogP contribution is 2.48. The van der Waals surface area contributed by atoms with Crippen LogP contribution in [0, 0.1) is 0 Å². The summed E-state index contributed by atoms with van der Waals surface area (Å²) in [7, 11) is 0.745. The number of halogens is 7. The minimum atomic E-state index is -6.59. The molecule has 0 saturated heterocycles. The van der Waals surface area contributed by atoms with Crippen molar-refractivity contribution in [1.29, 1.82) is 0 Å². The summed E-state index contributed by atoms with van der Waals surface area (Å²) < 4.78 is 92.1. The van der Waals surface area contributed by atoms with E-state index in [-0.39, 0.29) is 16.0 Å². The second-order valence-corrected chi connectivity index (χ2v) is 6.95. The van der Waals surface area contributed by atoms with E-state index >= 15 is 0 Å². The van der Waals surface area contributed by atoms with Crippen LogP contribution in [-0.2, 0) is 4.79 Å². The van der Waals surface area contributed by atoms with Gasteiger partial charge in [-0.15, -0.1) is 0 Å². The van der Waals surface area contributed by atoms with Crippen molar-refractivity contribution in [2.45, 2.75) is 18.0 Å². The van der Waals surface area contributed by atoms with E-state index in [1.54, 1.807) is 12.1 Å². The summed E-state index contributed by atoms with van der Waals surface area (Å²) in [4.78, 5) is 12.3. The van der Waals surface area contributed by atoms with Crippen molar-refractivity contribution in [3.8, 4) is 0 Å². The fourth-order valence-corrected chi connectivity index (χ4v) is 3.64. The Morgan fingerprint density at radius 1 is 0.733 bits per heavy atom. The molecule has 156 valence electrons. The lowest BCUT2D eigenvalue weighted by atomic mass is 9.93. The highest BCUT2D eigenvalue weighted by atomic mass is 19.4. The molecular weight excluding hydrogens is 415 g/mol. The van der Waals surface area contributed by atoms with Gasteiger partial charge in [-0.2, -0.15) is 30.7 Å². The van der Waals surface area contributed by atoms with E-state index in [0.29, 0.717) is 10.8 Å². The van der Waals surface area contributed by atoms with E-state index in [1.165, 1.54) is 18.2 Å². The molecule has 0 N–H and O–H groups in total. The molecule has 0 aliphatic carbocycles. The topological polar surface area (TPSA) is 20.3 Å². The van der Waals surface area contributed by atoms with Gasteiger partial charge in [-0.1, -0.05) is 48.5 Å². The van der Waals surface area contributed by atoms with E-state index in [9.17, 15) is 35.5 Å². The maximum atomic E-state index is 14.0. The maximum absolute atomic E-state index is 14.0. The first-order chi connectivity index (χ1) is 13.9. The van der Waals surface area contributed by atoms with Crippen molar-refractivity contribution < 1.29 is 35.5 Å². The SMILES string of the molecule is CN(C(=O)C(F)(F)C(F)(F)C(F)(F)F)c1ccc2ccc3cccc4ccc1c2c34. The van der Waals surface area contributed by atoms with Crippen LogP contribution in [0.25, 0.3) is 32.3 Å². The van der Waals surface area contributed by atoms with Gasteiger partial charge in [0.2, 0.25) is 0 Å². The van der Waals surface area contributed by atoms with Crippen molar-refractivity contribution in [1.82, 2.24) is 0 Å². The predicted octanol–water partition coefficient (Wildman–Crippen LogP) is 6.38. The first-order valence-corrected chi connectivity index (χ1v) is 8.65. The highest BCUT2D eigenvalue weighted by molar-refractivity contribution is 6.26. The molecule has 0 aliphatic rings. The van der Waals surface area contributed by atoms with E-state index in [1.807, 2.05) is 24.3 Å². The third-order valence-corrected chi connectivity index (χ3v) is 5.19. The van der Waals surface area contributed by atoms with Gasteiger partial charge >= 0.3 is 23.9 Å². The predicted molar refractivity (Wildman–Crippen MR) is 99.5 cm³/mol. The monoisotopic (exact) mass is 427 g/mol.